The van der Waals surface area contributed by atoms with Crippen LogP contribution in [0.5, 0.6) is 5.75 Å². The van der Waals surface area contributed by atoms with Gasteiger partial charge in [-0.25, -0.2) is 0 Å². The molecular weight excluding hydrogens is 352 g/mol. The van der Waals surface area contributed by atoms with Crippen molar-refractivity contribution in [3.8, 4) is 5.75 Å². The van der Waals surface area contributed by atoms with Crippen LogP contribution < -0.4 is 15.6 Å². The zero-order valence-electron chi connectivity index (χ0n) is 14.6. The van der Waals surface area contributed by atoms with Gasteiger partial charge in [0.2, 0.25) is 0 Å². The number of aryl methyl sites for hydroxylation is 1. The number of carbonyl (C=O) groups is 1. The van der Waals surface area contributed by atoms with Gasteiger partial charge in [-0.05, 0) is 36.8 Å². The normalized spacial score (nSPS) is 10.7. The highest BCUT2D eigenvalue weighted by atomic mass is 35.5. The van der Waals surface area contributed by atoms with E-state index in [1.54, 1.807) is 35.9 Å². The summed E-state index contributed by atoms with van der Waals surface area (Å²) in [6.45, 7) is 2.49. The van der Waals surface area contributed by atoms with Crippen molar-refractivity contribution in [1.29, 1.82) is 0 Å². The Morgan fingerprint density at radius 3 is 2.50 bits per heavy atom. The molecule has 0 radical (unpaired) electrons. The molecule has 3 rings (SSSR count). The van der Waals surface area contributed by atoms with Gasteiger partial charge in [0, 0.05) is 17.6 Å². The fourth-order valence-corrected chi connectivity index (χ4v) is 3.20. The number of para-hydroxylation sites is 1. The van der Waals surface area contributed by atoms with Crippen LogP contribution in [0.1, 0.15) is 23.7 Å². The monoisotopic (exact) mass is 370 g/mol. The number of carbonyl (C=O) groups excluding carboxylic acids is 1. The number of amides is 1. The van der Waals surface area contributed by atoms with Gasteiger partial charge >= 0.3 is 0 Å². The Labute approximate surface area is 156 Å². The first-order valence-corrected chi connectivity index (χ1v) is 8.71. The summed E-state index contributed by atoms with van der Waals surface area (Å²) in [7, 11) is 1.57. The zero-order valence-corrected chi connectivity index (χ0v) is 15.3. The van der Waals surface area contributed by atoms with Crippen LogP contribution >= 0.6 is 11.6 Å². The maximum Gasteiger partial charge on any atom is 0.265 e. The van der Waals surface area contributed by atoms with Crippen LogP contribution in [-0.4, -0.2) is 17.6 Å². The van der Waals surface area contributed by atoms with Crippen LogP contribution in [0.2, 0.25) is 5.02 Å². The molecule has 1 aromatic heterocycles. The van der Waals surface area contributed by atoms with Gasteiger partial charge in [-0.1, -0.05) is 36.7 Å². The van der Waals surface area contributed by atoms with Gasteiger partial charge in [0.15, 0.2) is 0 Å². The van der Waals surface area contributed by atoms with E-state index < -0.39 is 5.91 Å². The molecule has 26 heavy (non-hydrogen) atoms. The summed E-state index contributed by atoms with van der Waals surface area (Å²) in [5.41, 5.74) is 0.850. The summed E-state index contributed by atoms with van der Waals surface area (Å²) in [5.74, 6) is 0.151. The predicted molar refractivity (Wildman–Crippen MR) is 104 cm³/mol. The largest absolute Gasteiger partial charge is 0.497 e. The molecule has 0 saturated carbocycles. The van der Waals surface area contributed by atoms with Gasteiger partial charge in [0.25, 0.3) is 11.5 Å². The molecule has 1 heterocycles. The molecule has 134 valence electrons. The first-order chi connectivity index (χ1) is 12.6. The first-order valence-electron chi connectivity index (χ1n) is 8.33. The summed E-state index contributed by atoms with van der Waals surface area (Å²) in [6.07, 6.45) is 0.769. The van der Waals surface area contributed by atoms with Crippen molar-refractivity contribution in [2.45, 2.75) is 19.9 Å². The van der Waals surface area contributed by atoms with E-state index in [-0.39, 0.29) is 16.1 Å². The van der Waals surface area contributed by atoms with Crippen LogP contribution in [0.3, 0.4) is 0 Å². The number of hydrogen-bond acceptors (Lipinski definition) is 3. The van der Waals surface area contributed by atoms with Crippen molar-refractivity contribution in [3.63, 3.8) is 0 Å². The third-order valence-electron chi connectivity index (χ3n) is 4.13. The lowest BCUT2D eigenvalue weighted by Crippen LogP contribution is -2.30. The molecule has 0 bridgehead atoms. The lowest BCUT2D eigenvalue weighted by molar-refractivity contribution is 0.102. The smallest absolute Gasteiger partial charge is 0.265 e. The molecule has 0 spiro atoms. The van der Waals surface area contributed by atoms with Crippen LogP contribution in [0.25, 0.3) is 10.9 Å². The average Bonchev–Trinajstić information content (AvgIpc) is 2.66. The van der Waals surface area contributed by atoms with Gasteiger partial charge in [-0.15, -0.1) is 0 Å². The average molecular weight is 371 g/mol. The second kappa shape index (κ2) is 7.62. The van der Waals surface area contributed by atoms with E-state index in [0.717, 1.165) is 11.9 Å². The molecule has 6 heteroatoms. The van der Waals surface area contributed by atoms with E-state index in [4.69, 9.17) is 16.3 Å². The molecule has 0 unspecified atom stereocenters. The standard InChI is InChI=1S/C20H19ClN2O3/c1-3-12-23-16-7-5-4-6-15(16)18(21)17(20(23)25)19(24)22-13-8-10-14(26-2)11-9-13/h4-11H,3,12H2,1-2H3,(H,22,24). The molecular formula is C20H19ClN2O3. The molecule has 1 N–H and O–H groups in total. The SMILES string of the molecule is CCCn1c(=O)c(C(=O)Nc2ccc(OC)cc2)c(Cl)c2ccccc21. The second-order valence-corrected chi connectivity index (χ2v) is 6.22. The topological polar surface area (TPSA) is 60.3 Å². The highest BCUT2D eigenvalue weighted by Crippen LogP contribution is 2.26. The van der Waals surface area contributed by atoms with Gasteiger partial charge in [-0.3, -0.25) is 9.59 Å². The number of halogens is 1. The van der Waals surface area contributed by atoms with E-state index in [1.165, 1.54) is 0 Å². The Morgan fingerprint density at radius 2 is 1.85 bits per heavy atom. The second-order valence-electron chi connectivity index (χ2n) is 5.85. The summed E-state index contributed by atoms with van der Waals surface area (Å²) < 4.78 is 6.70. The molecule has 5 nitrogen and oxygen atoms in total. The number of aromatic nitrogens is 1. The fraction of sp³-hybridized carbons (Fsp3) is 0.200. The quantitative estimate of drug-likeness (QED) is 0.727. The van der Waals surface area contributed by atoms with Crippen LogP contribution in [0.4, 0.5) is 5.69 Å². The molecule has 2 aromatic carbocycles. The molecule has 3 aromatic rings. The van der Waals surface area contributed by atoms with Crippen LogP contribution in [-0.2, 0) is 6.54 Å². The Balaban J connectivity index is 2.08. The fourth-order valence-electron chi connectivity index (χ4n) is 2.88. The lowest BCUT2D eigenvalue weighted by Gasteiger charge is -2.14. The van der Waals surface area contributed by atoms with Crippen LogP contribution in [0.15, 0.2) is 53.3 Å². The van der Waals surface area contributed by atoms with E-state index in [1.807, 2.05) is 31.2 Å². The molecule has 0 aliphatic heterocycles. The lowest BCUT2D eigenvalue weighted by atomic mass is 10.1. The molecule has 0 aliphatic rings. The van der Waals surface area contributed by atoms with Gasteiger partial charge in [-0.2, -0.15) is 0 Å². The third kappa shape index (κ3) is 3.30. The minimum atomic E-state index is -0.527. The molecule has 0 atom stereocenters. The molecule has 1 amide bonds. The number of rotatable bonds is 5. The summed E-state index contributed by atoms with van der Waals surface area (Å²) >= 11 is 6.43. The zero-order chi connectivity index (χ0) is 18.7. The summed E-state index contributed by atoms with van der Waals surface area (Å²) in [5, 5.41) is 3.59. The number of hydrogen-bond donors (Lipinski definition) is 1. The maximum absolute atomic E-state index is 12.9. The summed E-state index contributed by atoms with van der Waals surface area (Å²) in [6, 6.07) is 14.2. The van der Waals surface area contributed by atoms with Crippen molar-refractivity contribution in [2.75, 3.05) is 12.4 Å². The van der Waals surface area contributed by atoms with E-state index in [9.17, 15) is 9.59 Å². The van der Waals surface area contributed by atoms with E-state index >= 15 is 0 Å². The number of methoxy groups -OCH3 is 1. The number of fused-ring (bicyclic) bond motifs is 1. The highest BCUT2D eigenvalue weighted by molar-refractivity contribution is 6.38. The van der Waals surface area contributed by atoms with Gasteiger partial charge in [0.1, 0.15) is 11.3 Å². The molecule has 0 aliphatic carbocycles. The number of pyridine rings is 1. The van der Waals surface area contributed by atoms with Crippen LogP contribution in [0, 0.1) is 0 Å². The Hall–Kier alpha value is -2.79. The maximum atomic E-state index is 12.9. The van der Waals surface area contributed by atoms with Gasteiger partial charge < -0.3 is 14.6 Å². The van der Waals surface area contributed by atoms with Crippen molar-refractivity contribution in [2.24, 2.45) is 0 Å². The van der Waals surface area contributed by atoms with Crippen molar-refractivity contribution >= 4 is 34.1 Å². The predicted octanol–water partition coefficient (Wildman–Crippen LogP) is 4.33. The minimum Gasteiger partial charge on any atom is -0.497 e. The highest BCUT2D eigenvalue weighted by Gasteiger charge is 2.21. The van der Waals surface area contributed by atoms with Gasteiger partial charge in [0.05, 0.1) is 17.6 Å². The molecule has 0 fully saturated rings. The van der Waals surface area contributed by atoms with E-state index in [0.29, 0.717) is 23.4 Å². The van der Waals surface area contributed by atoms with Crippen molar-refractivity contribution in [3.05, 3.63) is 69.5 Å². The van der Waals surface area contributed by atoms with Crippen molar-refractivity contribution in [1.82, 2.24) is 4.57 Å². The number of nitrogens with zero attached hydrogens (tertiary/aromatic N) is 1. The molecule has 0 saturated heterocycles. The Bertz CT molecular complexity index is 1010. The minimum absolute atomic E-state index is 0.0466. The number of ether oxygens (including phenoxy) is 1. The third-order valence-corrected chi connectivity index (χ3v) is 4.52. The first kappa shape index (κ1) is 18.0. The Morgan fingerprint density at radius 1 is 1.15 bits per heavy atom. The van der Waals surface area contributed by atoms with E-state index in [2.05, 4.69) is 5.32 Å². The number of anilines is 1. The Kier molecular flexibility index (Phi) is 5.28. The number of benzene rings is 2. The number of nitrogens with one attached hydrogen (secondary N) is 1. The van der Waals surface area contributed by atoms with Crippen molar-refractivity contribution < 1.29 is 9.53 Å². The summed E-state index contributed by atoms with van der Waals surface area (Å²) in [4.78, 5) is 25.7.